The van der Waals surface area contributed by atoms with E-state index in [1.165, 1.54) is 0 Å². The van der Waals surface area contributed by atoms with Gasteiger partial charge in [-0.05, 0) is 44.5 Å². The Morgan fingerprint density at radius 3 is 2.53 bits per heavy atom. The molecular weight excluding hydrogens is 262 g/mol. The standard InChI is InChI=1S/C14H21NO3S/c16-19(17,14-7-9-15-10-8-14)12-4-11-18-13-5-2-1-3-6-13/h1-3,5-6,14-15H,4,7-12H2. The molecule has 1 aliphatic heterocycles. The van der Waals surface area contributed by atoms with E-state index in [0.717, 1.165) is 31.7 Å². The van der Waals surface area contributed by atoms with Crippen molar-refractivity contribution >= 4 is 9.84 Å². The molecule has 106 valence electrons. The van der Waals surface area contributed by atoms with E-state index in [9.17, 15) is 8.42 Å². The Bertz CT molecular complexity index is 467. The third kappa shape index (κ3) is 4.51. The minimum absolute atomic E-state index is 0.162. The number of piperidine rings is 1. The van der Waals surface area contributed by atoms with Crippen LogP contribution in [0.25, 0.3) is 0 Å². The molecule has 0 aliphatic carbocycles. The van der Waals surface area contributed by atoms with E-state index in [1.54, 1.807) is 0 Å². The van der Waals surface area contributed by atoms with Crippen molar-refractivity contribution in [3.8, 4) is 5.75 Å². The Morgan fingerprint density at radius 2 is 1.84 bits per heavy atom. The second-order valence-electron chi connectivity index (χ2n) is 4.83. The summed E-state index contributed by atoms with van der Waals surface area (Å²) in [7, 11) is -2.96. The first-order chi connectivity index (χ1) is 9.18. The summed E-state index contributed by atoms with van der Waals surface area (Å²) >= 11 is 0. The number of hydrogen-bond donors (Lipinski definition) is 1. The lowest BCUT2D eigenvalue weighted by atomic mass is 10.2. The van der Waals surface area contributed by atoms with Crippen LogP contribution in [0.2, 0.25) is 0 Å². The Balaban J connectivity index is 1.72. The quantitative estimate of drug-likeness (QED) is 0.806. The summed E-state index contributed by atoms with van der Waals surface area (Å²) in [5.74, 6) is 1.02. The summed E-state index contributed by atoms with van der Waals surface area (Å²) in [5, 5.41) is 3.02. The van der Waals surface area contributed by atoms with Crippen LogP contribution in [-0.2, 0) is 9.84 Å². The second kappa shape index (κ2) is 6.91. The maximum absolute atomic E-state index is 12.1. The molecule has 0 spiro atoms. The van der Waals surface area contributed by atoms with Gasteiger partial charge in [-0.2, -0.15) is 0 Å². The summed E-state index contributed by atoms with van der Waals surface area (Å²) in [6.45, 7) is 2.07. The highest BCUT2D eigenvalue weighted by atomic mass is 32.2. The van der Waals surface area contributed by atoms with Gasteiger partial charge in [0.15, 0.2) is 9.84 Å². The van der Waals surface area contributed by atoms with Gasteiger partial charge in [-0.1, -0.05) is 18.2 Å². The van der Waals surface area contributed by atoms with E-state index in [0.29, 0.717) is 13.0 Å². The van der Waals surface area contributed by atoms with Crippen LogP contribution in [0.5, 0.6) is 5.75 Å². The molecular formula is C14H21NO3S. The van der Waals surface area contributed by atoms with Gasteiger partial charge in [-0.15, -0.1) is 0 Å². The zero-order chi connectivity index (χ0) is 13.6. The Morgan fingerprint density at radius 1 is 1.16 bits per heavy atom. The minimum atomic E-state index is -2.96. The lowest BCUT2D eigenvalue weighted by molar-refractivity contribution is 0.317. The third-order valence-corrected chi connectivity index (χ3v) is 5.72. The summed E-state index contributed by atoms with van der Waals surface area (Å²) < 4.78 is 29.7. The van der Waals surface area contributed by atoms with Crippen molar-refractivity contribution in [1.82, 2.24) is 5.32 Å². The zero-order valence-corrected chi connectivity index (χ0v) is 11.9. The van der Waals surface area contributed by atoms with E-state index in [-0.39, 0.29) is 11.0 Å². The van der Waals surface area contributed by atoms with Gasteiger partial charge in [0.2, 0.25) is 0 Å². The van der Waals surface area contributed by atoms with Crippen LogP contribution in [-0.4, -0.2) is 39.1 Å². The largest absolute Gasteiger partial charge is 0.494 e. The lowest BCUT2D eigenvalue weighted by Gasteiger charge is -2.22. The first-order valence-corrected chi connectivity index (χ1v) is 8.50. The van der Waals surface area contributed by atoms with Crippen molar-refractivity contribution in [2.45, 2.75) is 24.5 Å². The molecule has 19 heavy (non-hydrogen) atoms. The molecule has 5 heteroatoms. The third-order valence-electron chi connectivity index (χ3n) is 3.38. The highest BCUT2D eigenvalue weighted by Crippen LogP contribution is 2.15. The number of benzene rings is 1. The average molecular weight is 283 g/mol. The van der Waals surface area contributed by atoms with Crippen LogP contribution in [0.3, 0.4) is 0 Å². The predicted octanol–water partition coefficient (Wildman–Crippen LogP) is 1.62. The van der Waals surface area contributed by atoms with E-state index in [1.807, 2.05) is 30.3 Å². The number of para-hydroxylation sites is 1. The normalized spacial score (nSPS) is 17.3. The molecule has 0 atom stereocenters. The van der Waals surface area contributed by atoms with Crippen LogP contribution in [0.1, 0.15) is 19.3 Å². The van der Waals surface area contributed by atoms with Gasteiger partial charge in [0, 0.05) is 0 Å². The fourth-order valence-corrected chi connectivity index (χ4v) is 4.10. The van der Waals surface area contributed by atoms with Crippen molar-refractivity contribution in [3.63, 3.8) is 0 Å². The number of ether oxygens (including phenoxy) is 1. The first kappa shape index (κ1) is 14.3. The second-order valence-corrected chi connectivity index (χ2v) is 7.23. The van der Waals surface area contributed by atoms with Gasteiger partial charge in [-0.3, -0.25) is 0 Å². The molecule has 1 fully saturated rings. The molecule has 1 heterocycles. The van der Waals surface area contributed by atoms with Crippen LogP contribution in [0, 0.1) is 0 Å². The maximum Gasteiger partial charge on any atom is 0.153 e. The van der Waals surface area contributed by atoms with Gasteiger partial charge in [-0.25, -0.2) is 8.42 Å². The molecule has 1 aromatic rings. The fourth-order valence-electron chi connectivity index (χ4n) is 2.29. The minimum Gasteiger partial charge on any atom is -0.494 e. The van der Waals surface area contributed by atoms with Crippen molar-refractivity contribution in [2.24, 2.45) is 0 Å². The van der Waals surface area contributed by atoms with Gasteiger partial charge >= 0.3 is 0 Å². The number of sulfone groups is 1. The van der Waals surface area contributed by atoms with E-state index >= 15 is 0 Å². The van der Waals surface area contributed by atoms with Crippen LogP contribution in [0.4, 0.5) is 0 Å². The van der Waals surface area contributed by atoms with Crippen LogP contribution >= 0.6 is 0 Å². The number of rotatable bonds is 6. The van der Waals surface area contributed by atoms with Gasteiger partial charge < -0.3 is 10.1 Å². The molecule has 1 N–H and O–H groups in total. The molecule has 1 aromatic carbocycles. The van der Waals surface area contributed by atoms with Crippen molar-refractivity contribution in [2.75, 3.05) is 25.4 Å². The predicted molar refractivity (Wildman–Crippen MR) is 76.2 cm³/mol. The van der Waals surface area contributed by atoms with Crippen molar-refractivity contribution < 1.29 is 13.2 Å². The number of hydrogen-bond acceptors (Lipinski definition) is 4. The highest BCUT2D eigenvalue weighted by molar-refractivity contribution is 7.92. The molecule has 0 aromatic heterocycles. The zero-order valence-electron chi connectivity index (χ0n) is 11.0. The smallest absolute Gasteiger partial charge is 0.153 e. The monoisotopic (exact) mass is 283 g/mol. The molecule has 0 amide bonds. The molecule has 1 saturated heterocycles. The number of nitrogens with one attached hydrogen (secondary N) is 1. The molecule has 1 aliphatic rings. The topological polar surface area (TPSA) is 55.4 Å². The van der Waals surface area contributed by atoms with Gasteiger partial charge in [0.05, 0.1) is 17.6 Å². The molecule has 0 saturated carbocycles. The van der Waals surface area contributed by atoms with Crippen LogP contribution in [0.15, 0.2) is 30.3 Å². The Kier molecular flexibility index (Phi) is 5.22. The molecule has 2 rings (SSSR count). The summed E-state index contributed by atoms with van der Waals surface area (Å²) in [4.78, 5) is 0. The van der Waals surface area contributed by atoms with Gasteiger partial charge in [0.25, 0.3) is 0 Å². The molecule has 0 unspecified atom stereocenters. The average Bonchev–Trinajstić information content (AvgIpc) is 2.46. The first-order valence-electron chi connectivity index (χ1n) is 6.78. The fraction of sp³-hybridized carbons (Fsp3) is 0.571. The van der Waals surface area contributed by atoms with E-state index < -0.39 is 9.84 Å². The summed E-state index contributed by atoms with van der Waals surface area (Å²) in [5.41, 5.74) is 0. The maximum atomic E-state index is 12.1. The highest BCUT2D eigenvalue weighted by Gasteiger charge is 2.26. The van der Waals surface area contributed by atoms with Crippen molar-refractivity contribution in [3.05, 3.63) is 30.3 Å². The summed E-state index contributed by atoms with van der Waals surface area (Å²) in [6, 6.07) is 9.49. The van der Waals surface area contributed by atoms with E-state index in [4.69, 9.17) is 4.74 Å². The molecule has 0 bridgehead atoms. The lowest BCUT2D eigenvalue weighted by Crippen LogP contribution is -2.37. The van der Waals surface area contributed by atoms with Crippen LogP contribution < -0.4 is 10.1 Å². The Labute approximate surface area is 115 Å². The Hall–Kier alpha value is -1.07. The summed E-state index contributed by atoms with van der Waals surface area (Å²) in [6.07, 6.45) is 2.03. The molecule has 4 nitrogen and oxygen atoms in total. The molecule has 0 radical (unpaired) electrons. The van der Waals surface area contributed by atoms with Crippen molar-refractivity contribution in [1.29, 1.82) is 0 Å². The van der Waals surface area contributed by atoms with E-state index in [2.05, 4.69) is 5.32 Å². The van der Waals surface area contributed by atoms with Gasteiger partial charge in [0.1, 0.15) is 5.75 Å². The SMILES string of the molecule is O=S(=O)(CCCOc1ccccc1)C1CCNCC1.